The highest BCUT2D eigenvalue weighted by Gasteiger charge is 2.20. The van der Waals surface area contributed by atoms with Crippen LogP contribution in [0, 0.1) is 0 Å². The smallest absolute Gasteiger partial charge is 0.336 e. The Morgan fingerprint density at radius 3 is 2.56 bits per heavy atom. The molecule has 1 aliphatic rings. The molecule has 6 nitrogen and oxygen atoms in total. The van der Waals surface area contributed by atoms with Crippen LogP contribution in [0.3, 0.4) is 0 Å². The molecule has 0 bridgehead atoms. The van der Waals surface area contributed by atoms with E-state index in [0.717, 1.165) is 68.6 Å². The van der Waals surface area contributed by atoms with Gasteiger partial charge in [0.15, 0.2) is 0 Å². The molecule has 1 aromatic carbocycles. The zero-order valence-electron chi connectivity index (χ0n) is 16.3. The minimum Gasteiger partial charge on any atom is -0.423 e. The standard InChI is InChI=1S/C21H29N3O3/c1-3-7-22-20(25)15-24-10-8-23(9-11-24)14-17-13-21(26)27-19-12-16(4-2)5-6-18(17)19/h5-6,12-13H,3-4,7-11,14-15H2,1-2H3,(H,22,25). The SMILES string of the molecule is CCCNC(=O)CN1CCN(Cc2cc(=O)oc3cc(CC)ccc23)CC1. The molecule has 0 radical (unpaired) electrons. The Balaban J connectivity index is 1.62. The third kappa shape index (κ3) is 5.17. The fourth-order valence-corrected chi connectivity index (χ4v) is 3.49. The van der Waals surface area contributed by atoms with Gasteiger partial charge in [-0.25, -0.2) is 4.79 Å². The Kier molecular flexibility index (Phi) is 6.63. The first-order valence-corrected chi connectivity index (χ1v) is 9.86. The Hall–Kier alpha value is -2.18. The zero-order chi connectivity index (χ0) is 19.2. The van der Waals surface area contributed by atoms with Gasteiger partial charge in [0, 0.05) is 50.7 Å². The number of amides is 1. The van der Waals surface area contributed by atoms with Gasteiger partial charge in [-0.05, 0) is 30.0 Å². The largest absolute Gasteiger partial charge is 0.423 e. The Labute approximate surface area is 160 Å². The van der Waals surface area contributed by atoms with E-state index in [9.17, 15) is 9.59 Å². The van der Waals surface area contributed by atoms with Crippen molar-refractivity contribution in [2.75, 3.05) is 39.3 Å². The molecule has 1 N–H and O–H groups in total. The van der Waals surface area contributed by atoms with Crippen LogP contribution in [-0.4, -0.2) is 55.0 Å². The number of benzene rings is 1. The first-order valence-electron chi connectivity index (χ1n) is 9.86. The summed E-state index contributed by atoms with van der Waals surface area (Å²) < 4.78 is 5.40. The topological polar surface area (TPSA) is 65.8 Å². The number of hydrogen-bond donors (Lipinski definition) is 1. The second-order valence-electron chi connectivity index (χ2n) is 7.18. The average Bonchev–Trinajstić information content (AvgIpc) is 2.67. The number of carbonyl (C=O) groups excluding carboxylic acids is 1. The molecular weight excluding hydrogens is 342 g/mol. The maximum atomic E-state index is 12.0. The van der Waals surface area contributed by atoms with Crippen molar-refractivity contribution < 1.29 is 9.21 Å². The summed E-state index contributed by atoms with van der Waals surface area (Å²) in [5.74, 6) is 0.101. The Morgan fingerprint density at radius 1 is 1.11 bits per heavy atom. The number of nitrogens with one attached hydrogen (secondary N) is 1. The highest BCUT2D eigenvalue weighted by molar-refractivity contribution is 5.80. The van der Waals surface area contributed by atoms with Gasteiger partial charge in [0.2, 0.25) is 5.91 Å². The van der Waals surface area contributed by atoms with E-state index >= 15 is 0 Å². The molecule has 1 fully saturated rings. The lowest BCUT2D eigenvalue weighted by Crippen LogP contribution is -2.49. The number of nitrogens with zero attached hydrogens (tertiary/aromatic N) is 2. The van der Waals surface area contributed by atoms with Crippen molar-refractivity contribution in [3.63, 3.8) is 0 Å². The highest BCUT2D eigenvalue weighted by atomic mass is 16.4. The Bertz CT molecular complexity index is 838. The fourth-order valence-electron chi connectivity index (χ4n) is 3.49. The van der Waals surface area contributed by atoms with E-state index < -0.39 is 0 Å². The van der Waals surface area contributed by atoms with E-state index in [-0.39, 0.29) is 11.5 Å². The van der Waals surface area contributed by atoms with Gasteiger partial charge in [-0.15, -0.1) is 0 Å². The van der Waals surface area contributed by atoms with Crippen LogP contribution >= 0.6 is 0 Å². The molecular formula is C21H29N3O3. The van der Waals surface area contributed by atoms with Crippen molar-refractivity contribution in [1.82, 2.24) is 15.1 Å². The summed E-state index contributed by atoms with van der Waals surface area (Å²) in [7, 11) is 0. The van der Waals surface area contributed by atoms with Crippen LogP contribution in [0.25, 0.3) is 11.0 Å². The minimum atomic E-state index is -0.294. The number of piperazine rings is 1. The number of carbonyl (C=O) groups is 1. The van der Waals surface area contributed by atoms with Crippen molar-refractivity contribution in [3.8, 4) is 0 Å². The van der Waals surface area contributed by atoms with Crippen LogP contribution < -0.4 is 10.9 Å². The highest BCUT2D eigenvalue weighted by Crippen LogP contribution is 2.21. The van der Waals surface area contributed by atoms with E-state index in [1.54, 1.807) is 6.07 Å². The maximum absolute atomic E-state index is 12.0. The predicted molar refractivity (Wildman–Crippen MR) is 107 cm³/mol. The predicted octanol–water partition coefficient (Wildman–Crippen LogP) is 2.00. The molecule has 0 atom stereocenters. The van der Waals surface area contributed by atoms with E-state index in [4.69, 9.17) is 4.42 Å². The molecule has 1 amide bonds. The molecule has 0 aliphatic carbocycles. The van der Waals surface area contributed by atoms with Crippen LogP contribution in [-0.2, 0) is 17.8 Å². The zero-order valence-corrected chi connectivity index (χ0v) is 16.3. The van der Waals surface area contributed by atoms with Crippen molar-refractivity contribution >= 4 is 16.9 Å². The number of hydrogen-bond acceptors (Lipinski definition) is 5. The molecule has 2 aromatic rings. The molecule has 2 heterocycles. The molecule has 3 rings (SSSR count). The van der Waals surface area contributed by atoms with Gasteiger partial charge in [0.25, 0.3) is 0 Å². The fraction of sp³-hybridized carbons (Fsp3) is 0.524. The third-order valence-corrected chi connectivity index (χ3v) is 5.10. The lowest BCUT2D eigenvalue weighted by molar-refractivity contribution is -0.122. The van der Waals surface area contributed by atoms with Crippen LogP contribution in [0.5, 0.6) is 0 Å². The molecule has 1 saturated heterocycles. The van der Waals surface area contributed by atoms with Crippen LogP contribution in [0.1, 0.15) is 31.4 Å². The maximum Gasteiger partial charge on any atom is 0.336 e. The third-order valence-electron chi connectivity index (χ3n) is 5.10. The van der Waals surface area contributed by atoms with E-state index in [2.05, 4.69) is 41.1 Å². The van der Waals surface area contributed by atoms with Crippen molar-refractivity contribution in [1.29, 1.82) is 0 Å². The van der Waals surface area contributed by atoms with E-state index in [0.29, 0.717) is 12.1 Å². The second kappa shape index (κ2) is 9.15. The Morgan fingerprint density at radius 2 is 1.85 bits per heavy atom. The molecule has 0 spiro atoms. The quantitative estimate of drug-likeness (QED) is 0.754. The van der Waals surface area contributed by atoms with Gasteiger partial charge in [-0.3, -0.25) is 14.6 Å². The summed E-state index contributed by atoms with van der Waals surface area (Å²) in [5, 5.41) is 3.93. The molecule has 1 aliphatic heterocycles. The lowest BCUT2D eigenvalue weighted by atomic mass is 10.1. The van der Waals surface area contributed by atoms with Gasteiger partial charge in [-0.2, -0.15) is 0 Å². The van der Waals surface area contributed by atoms with Crippen molar-refractivity contribution in [2.24, 2.45) is 0 Å². The van der Waals surface area contributed by atoms with Gasteiger partial charge in [0.05, 0.1) is 6.54 Å². The summed E-state index contributed by atoms with van der Waals surface area (Å²) in [6.45, 7) is 9.56. The summed E-state index contributed by atoms with van der Waals surface area (Å²) in [6.07, 6.45) is 1.87. The monoisotopic (exact) mass is 371 g/mol. The summed E-state index contributed by atoms with van der Waals surface area (Å²) in [5.41, 5.74) is 2.55. The summed E-state index contributed by atoms with van der Waals surface area (Å²) >= 11 is 0. The van der Waals surface area contributed by atoms with Gasteiger partial charge >= 0.3 is 5.63 Å². The lowest BCUT2D eigenvalue weighted by Gasteiger charge is -2.34. The normalized spacial score (nSPS) is 15.9. The number of aryl methyl sites for hydroxylation is 1. The minimum absolute atomic E-state index is 0.101. The van der Waals surface area contributed by atoms with Gasteiger partial charge in [-0.1, -0.05) is 26.0 Å². The first kappa shape index (κ1) is 19.6. The molecule has 1 aromatic heterocycles. The van der Waals surface area contributed by atoms with Crippen LogP contribution in [0.15, 0.2) is 33.5 Å². The second-order valence-corrected chi connectivity index (χ2v) is 7.18. The van der Waals surface area contributed by atoms with Crippen LogP contribution in [0.4, 0.5) is 0 Å². The molecule has 27 heavy (non-hydrogen) atoms. The van der Waals surface area contributed by atoms with E-state index in [1.807, 2.05) is 6.07 Å². The number of rotatable bonds is 7. The summed E-state index contributed by atoms with van der Waals surface area (Å²) in [6, 6.07) is 7.73. The molecule has 0 saturated carbocycles. The van der Waals surface area contributed by atoms with Gasteiger partial charge in [0.1, 0.15) is 5.58 Å². The summed E-state index contributed by atoms with van der Waals surface area (Å²) in [4.78, 5) is 28.4. The first-order chi connectivity index (χ1) is 13.1. The average molecular weight is 371 g/mol. The number of fused-ring (bicyclic) bond motifs is 1. The van der Waals surface area contributed by atoms with E-state index in [1.165, 1.54) is 0 Å². The van der Waals surface area contributed by atoms with Crippen molar-refractivity contribution in [3.05, 3.63) is 45.8 Å². The van der Waals surface area contributed by atoms with Crippen LogP contribution in [0.2, 0.25) is 0 Å². The molecule has 0 unspecified atom stereocenters. The van der Waals surface area contributed by atoms with Crippen molar-refractivity contribution in [2.45, 2.75) is 33.2 Å². The molecule has 6 heteroatoms. The van der Waals surface area contributed by atoms with Gasteiger partial charge < -0.3 is 9.73 Å². The molecule has 146 valence electrons.